The highest BCUT2D eigenvalue weighted by Gasteiger charge is 2.20. The first-order chi connectivity index (χ1) is 15.0. The number of hydrogen-bond donors (Lipinski definition) is 2. The highest BCUT2D eigenvalue weighted by atomic mass is 19.1. The number of aryl methyl sites for hydroxylation is 1. The summed E-state index contributed by atoms with van der Waals surface area (Å²) in [6, 6.07) is 6.97. The molecular weight excluding hydrogens is 401 g/mol. The van der Waals surface area contributed by atoms with E-state index in [1.807, 2.05) is 24.0 Å². The average Bonchev–Trinajstić information content (AvgIpc) is 3.17. The van der Waals surface area contributed by atoms with Crippen LogP contribution in [0, 0.1) is 12.7 Å². The Hall–Kier alpha value is -3.46. The van der Waals surface area contributed by atoms with E-state index in [9.17, 15) is 9.18 Å². The number of ether oxygens (including phenoxy) is 1. The van der Waals surface area contributed by atoms with Gasteiger partial charge in [-0.3, -0.25) is 4.79 Å². The molecule has 31 heavy (non-hydrogen) atoms. The number of rotatable bonds is 4. The molecule has 4 heterocycles. The molecule has 2 N–H and O–H groups in total. The highest BCUT2D eigenvalue weighted by Crippen LogP contribution is 2.31. The lowest BCUT2D eigenvalue weighted by molar-refractivity contribution is 0.122. The van der Waals surface area contributed by atoms with Crippen molar-refractivity contribution in [1.82, 2.24) is 15.2 Å². The maximum atomic E-state index is 13.9. The summed E-state index contributed by atoms with van der Waals surface area (Å²) in [5.41, 5.74) is 2.97. The van der Waals surface area contributed by atoms with Gasteiger partial charge in [0.15, 0.2) is 11.6 Å². The third-order valence-electron chi connectivity index (χ3n) is 5.69. The predicted octanol–water partition coefficient (Wildman–Crippen LogP) is 3.52. The number of aromatic nitrogens is 3. The highest BCUT2D eigenvalue weighted by molar-refractivity contribution is 5.92. The Balaban J connectivity index is 1.57. The summed E-state index contributed by atoms with van der Waals surface area (Å²) in [6.45, 7) is 6.21. The summed E-state index contributed by atoms with van der Waals surface area (Å²) in [5.74, 6) is 0.139. The molecule has 5 rings (SSSR count). The van der Waals surface area contributed by atoms with Crippen LogP contribution >= 0.6 is 0 Å². The van der Waals surface area contributed by atoms with Crippen LogP contribution in [0.4, 0.5) is 15.9 Å². The van der Waals surface area contributed by atoms with Crippen LogP contribution in [0.25, 0.3) is 21.9 Å². The van der Waals surface area contributed by atoms with Crippen molar-refractivity contribution in [2.24, 2.45) is 0 Å². The number of aromatic amines is 1. The molecule has 0 spiro atoms. The SMILES string of the molecule is Cc1nnc(N[C@H](C)c2cccc3c(F)coc23)c2cc(N3CCOCC3)c(=O)[nH]c12. The topological polar surface area (TPSA) is 96.3 Å². The second kappa shape index (κ2) is 7.66. The van der Waals surface area contributed by atoms with Gasteiger partial charge in [-0.25, -0.2) is 4.39 Å². The zero-order chi connectivity index (χ0) is 21.5. The molecule has 1 aliphatic heterocycles. The molecule has 1 aliphatic rings. The Morgan fingerprint density at radius 1 is 1.23 bits per heavy atom. The number of morpholine rings is 1. The molecule has 0 saturated carbocycles. The first-order valence-electron chi connectivity index (χ1n) is 10.2. The van der Waals surface area contributed by atoms with Gasteiger partial charge in [0.1, 0.15) is 17.5 Å². The van der Waals surface area contributed by atoms with E-state index < -0.39 is 5.82 Å². The van der Waals surface area contributed by atoms with Gasteiger partial charge in [-0.2, -0.15) is 5.10 Å². The maximum absolute atomic E-state index is 13.9. The Morgan fingerprint density at radius 2 is 2.03 bits per heavy atom. The number of para-hydroxylation sites is 1. The largest absolute Gasteiger partial charge is 0.461 e. The van der Waals surface area contributed by atoms with Crippen LogP contribution in [0.5, 0.6) is 0 Å². The molecule has 3 aromatic heterocycles. The van der Waals surface area contributed by atoms with Crippen molar-refractivity contribution in [2.75, 3.05) is 36.5 Å². The average molecular weight is 423 g/mol. The maximum Gasteiger partial charge on any atom is 0.272 e. The van der Waals surface area contributed by atoms with Crippen molar-refractivity contribution in [3.05, 3.63) is 58.0 Å². The van der Waals surface area contributed by atoms with Crippen molar-refractivity contribution in [2.45, 2.75) is 19.9 Å². The van der Waals surface area contributed by atoms with Gasteiger partial charge in [-0.1, -0.05) is 12.1 Å². The Morgan fingerprint density at radius 3 is 2.84 bits per heavy atom. The zero-order valence-corrected chi connectivity index (χ0v) is 17.2. The smallest absolute Gasteiger partial charge is 0.272 e. The number of anilines is 2. The van der Waals surface area contributed by atoms with Crippen LogP contribution in [0.15, 0.2) is 39.7 Å². The van der Waals surface area contributed by atoms with E-state index in [0.717, 1.165) is 17.2 Å². The molecule has 1 atom stereocenters. The molecule has 1 saturated heterocycles. The van der Waals surface area contributed by atoms with E-state index >= 15 is 0 Å². The summed E-state index contributed by atoms with van der Waals surface area (Å²) in [6.07, 6.45) is 1.11. The second-order valence-corrected chi connectivity index (χ2v) is 7.68. The number of halogens is 1. The number of hydrogen-bond acceptors (Lipinski definition) is 7. The lowest BCUT2D eigenvalue weighted by atomic mass is 10.1. The third-order valence-corrected chi connectivity index (χ3v) is 5.69. The molecule has 0 unspecified atom stereocenters. The van der Waals surface area contributed by atoms with Crippen molar-refractivity contribution in [1.29, 1.82) is 0 Å². The van der Waals surface area contributed by atoms with Crippen LogP contribution in [0.3, 0.4) is 0 Å². The molecule has 160 valence electrons. The van der Waals surface area contributed by atoms with Gasteiger partial charge in [0.05, 0.1) is 35.9 Å². The lowest BCUT2D eigenvalue weighted by Gasteiger charge is -2.28. The normalized spacial score (nSPS) is 15.5. The van der Waals surface area contributed by atoms with Crippen LogP contribution in [-0.4, -0.2) is 41.5 Å². The fourth-order valence-corrected chi connectivity index (χ4v) is 4.04. The standard InChI is InChI=1S/C22H22FN5O3/c1-12(14-4-3-5-15-17(23)11-31-20(14)15)24-21-16-10-18(28-6-8-30-9-7-28)22(29)25-19(16)13(2)26-27-21/h3-5,10-12H,6-9H2,1-2H3,(H,24,27)(H,25,29)/t12-/m1/s1. The number of nitrogens with zero attached hydrogens (tertiary/aromatic N) is 3. The van der Waals surface area contributed by atoms with Crippen LogP contribution in [0.2, 0.25) is 0 Å². The van der Waals surface area contributed by atoms with Crippen LogP contribution in [0.1, 0.15) is 24.2 Å². The zero-order valence-electron chi connectivity index (χ0n) is 17.2. The molecule has 4 aromatic rings. The van der Waals surface area contributed by atoms with Crippen molar-refractivity contribution < 1.29 is 13.5 Å². The first-order valence-corrected chi connectivity index (χ1v) is 10.2. The van der Waals surface area contributed by atoms with Gasteiger partial charge in [-0.05, 0) is 26.0 Å². The van der Waals surface area contributed by atoms with Crippen molar-refractivity contribution >= 4 is 33.4 Å². The quantitative estimate of drug-likeness (QED) is 0.518. The summed E-state index contributed by atoms with van der Waals surface area (Å²) >= 11 is 0. The van der Waals surface area contributed by atoms with Crippen LogP contribution in [-0.2, 0) is 4.74 Å². The Kier molecular flexibility index (Phi) is 4.82. The number of H-pyrrole nitrogens is 1. The lowest BCUT2D eigenvalue weighted by Crippen LogP contribution is -2.39. The molecule has 8 nitrogen and oxygen atoms in total. The molecule has 1 fully saturated rings. The fraction of sp³-hybridized carbons (Fsp3) is 0.318. The minimum Gasteiger partial charge on any atom is -0.461 e. The molecule has 9 heteroatoms. The number of nitrogens with one attached hydrogen (secondary N) is 2. The number of benzene rings is 1. The van der Waals surface area contributed by atoms with Gasteiger partial charge in [-0.15, -0.1) is 5.10 Å². The summed E-state index contributed by atoms with van der Waals surface area (Å²) < 4.78 is 24.8. The molecule has 0 bridgehead atoms. The van der Waals surface area contributed by atoms with E-state index in [0.29, 0.717) is 60.0 Å². The van der Waals surface area contributed by atoms with Crippen molar-refractivity contribution in [3.8, 4) is 0 Å². The Labute approximate surface area is 177 Å². The van der Waals surface area contributed by atoms with E-state index in [4.69, 9.17) is 9.15 Å². The van der Waals surface area contributed by atoms with E-state index in [2.05, 4.69) is 20.5 Å². The van der Waals surface area contributed by atoms with E-state index in [-0.39, 0.29) is 11.6 Å². The molecular formula is C22H22FN5O3. The molecule has 0 amide bonds. The number of furan rings is 1. The summed E-state index contributed by atoms with van der Waals surface area (Å²) in [7, 11) is 0. The predicted molar refractivity (Wildman–Crippen MR) is 116 cm³/mol. The third kappa shape index (κ3) is 3.40. The van der Waals surface area contributed by atoms with Crippen LogP contribution < -0.4 is 15.8 Å². The van der Waals surface area contributed by atoms with E-state index in [1.165, 1.54) is 0 Å². The minimum absolute atomic E-state index is 0.166. The molecule has 0 aliphatic carbocycles. The van der Waals surface area contributed by atoms with Gasteiger partial charge in [0.25, 0.3) is 5.56 Å². The number of pyridine rings is 1. The van der Waals surface area contributed by atoms with Gasteiger partial charge < -0.3 is 24.4 Å². The monoisotopic (exact) mass is 423 g/mol. The van der Waals surface area contributed by atoms with Gasteiger partial charge >= 0.3 is 0 Å². The summed E-state index contributed by atoms with van der Waals surface area (Å²) in [5, 5.41) is 13.1. The van der Waals surface area contributed by atoms with Gasteiger partial charge in [0.2, 0.25) is 0 Å². The fourth-order valence-electron chi connectivity index (χ4n) is 4.04. The second-order valence-electron chi connectivity index (χ2n) is 7.68. The van der Waals surface area contributed by atoms with E-state index in [1.54, 1.807) is 19.1 Å². The summed E-state index contributed by atoms with van der Waals surface area (Å²) in [4.78, 5) is 17.7. The molecule has 1 aromatic carbocycles. The number of fused-ring (bicyclic) bond motifs is 2. The van der Waals surface area contributed by atoms with Gasteiger partial charge in [0, 0.05) is 24.0 Å². The molecule has 0 radical (unpaired) electrons. The van der Waals surface area contributed by atoms with Crippen molar-refractivity contribution in [3.63, 3.8) is 0 Å². The Bertz CT molecular complexity index is 1330. The minimum atomic E-state index is -0.391. The first kappa shape index (κ1) is 19.5.